The number of nitrogens with zero attached hydrogens (tertiary/aromatic N) is 1. The molecule has 0 aliphatic carbocycles. The van der Waals surface area contributed by atoms with E-state index in [-0.39, 0.29) is 13.0 Å². The quantitative estimate of drug-likeness (QED) is 0.192. The van der Waals surface area contributed by atoms with Crippen molar-refractivity contribution in [2.24, 2.45) is 39.4 Å². The molecule has 14 heavy (non-hydrogen) atoms. The lowest BCUT2D eigenvalue weighted by molar-refractivity contribution is -0.0554. The number of hydrogen-bond donors (Lipinski definition) is 6. The third-order valence-corrected chi connectivity index (χ3v) is 1.48. The largest absolute Gasteiger partial charge is 0.331 e. The van der Waals surface area contributed by atoms with Gasteiger partial charge in [-0.25, -0.2) is 0 Å². The Hall–Kier alpha value is -0.610. The van der Waals surface area contributed by atoms with Crippen molar-refractivity contribution in [1.82, 2.24) is 0 Å². The molecule has 0 aromatic carbocycles. The number of nitrogens with two attached hydrogens (primary N) is 6. The Bertz CT molecular complexity index is 189. The van der Waals surface area contributed by atoms with E-state index in [9.17, 15) is 0 Å². The molecular formula is C6H19N7O. The van der Waals surface area contributed by atoms with Crippen LogP contribution >= 0.6 is 0 Å². The molecule has 0 radical (unpaired) electrons. The van der Waals surface area contributed by atoms with Crippen LogP contribution in [-0.4, -0.2) is 31.1 Å². The summed E-state index contributed by atoms with van der Waals surface area (Å²) >= 11 is 0. The molecular weight excluding hydrogens is 186 g/mol. The maximum atomic E-state index is 5.72. The van der Waals surface area contributed by atoms with Gasteiger partial charge in [0.15, 0.2) is 0 Å². The molecule has 0 fully saturated rings. The first kappa shape index (κ1) is 13.4. The summed E-state index contributed by atoms with van der Waals surface area (Å²) in [5, 5.41) is 0. The molecule has 0 aliphatic heterocycles. The molecule has 0 rings (SSSR count). The zero-order valence-corrected chi connectivity index (χ0v) is 8.02. The molecule has 0 amide bonds. The van der Waals surface area contributed by atoms with E-state index in [1.807, 2.05) is 0 Å². The Morgan fingerprint density at radius 2 is 1.71 bits per heavy atom. The predicted molar refractivity (Wildman–Crippen MR) is 54.5 cm³/mol. The van der Waals surface area contributed by atoms with Gasteiger partial charge in [0, 0.05) is 6.42 Å². The van der Waals surface area contributed by atoms with Gasteiger partial charge in [0.2, 0.25) is 5.97 Å². The Kier molecular flexibility index (Phi) is 4.55. The van der Waals surface area contributed by atoms with Crippen molar-refractivity contribution < 1.29 is 4.74 Å². The van der Waals surface area contributed by atoms with Crippen LogP contribution in [-0.2, 0) is 4.74 Å². The van der Waals surface area contributed by atoms with Gasteiger partial charge >= 0.3 is 0 Å². The zero-order chi connectivity index (χ0) is 11.4. The summed E-state index contributed by atoms with van der Waals surface area (Å²) in [7, 11) is 0. The van der Waals surface area contributed by atoms with Gasteiger partial charge in [0.05, 0.1) is 12.8 Å². The van der Waals surface area contributed by atoms with Gasteiger partial charge in [-0.1, -0.05) is 0 Å². The van der Waals surface area contributed by atoms with E-state index < -0.39 is 17.8 Å². The van der Waals surface area contributed by atoms with Gasteiger partial charge in [-0.3, -0.25) is 22.2 Å². The average molecular weight is 205 g/mol. The highest BCUT2D eigenvalue weighted by Crippen LogP contribution is 2.09. The Labute approximate surface area is 82.6 Å². The van der Waals surface area contributed by atoms with E-state index in [2.05, 4.69) is 11.7 Å². The highest BCUT2D eigenvalue weighted by molar-refractivity contribution is 5.25. The molecule has 0 bridgehead atoms. The van der Waals surface area contributed by atoms with Crippen LogP contribution in [0.5, 0.6) is 0 Å². The Morgan fingerprint density at radius 3 is 2.00 bits per heavy atom. The van der Waals surface area contributed by atoms with E-state index in [0.29, 0.717) is 0 Å². The molecule has 8 heteroatoms. The van der Waals surface area contributed by atoms with Gasteiger partial charge in [-0.2, -0.15) is 0 Å². The second-order valence-electron chi connectivity index (χ2n) is 3.27. The van der Waals surface area contributed by atoms with Gasteiger partial charge in [-0.15, -0.1) is 0 Å². The second kappa shape index (κ2) is 4.75. The first-order valence-electron chi connectivity index (χ1n) is 3.97. The molecule has 0 saturated carbocycles. The standard InChI is InChI=1S/C6H19N7O/c1-13-5(9,2-4(7)8)3-14-6(10,11)12/h4H,1-3,7-12H2. The van der Waals surface area contributed by atoms with Gasteiger partial charge < -0.3 is 21.9 Å². The van der Waals surface area contributed by atoms with Crippen LogP contribution in [0.1, 0.15) is 6.42 Å². The molecule has 0 aliphatic rings. The molecule has 0 aromatic rings. The molecule has 1 atom stereocenters. The molecule has 0 heterocycles. The van der Waals surface area contributed by atoms with E-state index in [0.717, 1.165) is 0 Å². The Morgan fingerprint density at radius 1 is 1.21 bits per heavy atom. The summed E-state index contributed by atoms with van der Waals surface area (Å²) < 4.78 is 4.85. The lowest BCUT2D eigenvalue weighted by Gasteiger charge is -2.29. The minimum Gasteiger partial charge on any atom is -0.331 e. The fraction of sp³-hybridized carbons (Fsp3) is 0.833. The molecule has 12 N–H and O–H groups in total. The molecule has 84 valence electrons. The van der Waals surface area contributed by atoms with Gasteiger partial charge in [0.1, 0.15) is 5.66 Å². The smallest absolute Gasteiger partial charge is 0.227 e. The van der Waals surface area contributed by atoms with Gasteiger partial charge in [0.25, 0.3) is 0 Å². The summed E-state index contributed by atoms with van der Waals surface area (Å²) in [6.45, 7) is 3.19. The normalized spacial score (nSPS) is 16.8. The van der Waals surface area contributed by atoms with Crippen molar-refractivity contribution in [3.05, 3.63) is 0 Å². The first-order valence-corrected chi connectivity index (χ1v) is 3.97. The summed E-state index contributed by atoms with van der Waals surface area (Å²) in [5.41, 5.74) is 30.8. The van der Waals surface area contributed by atoms with Crippen LogP contribution in [0.4, 0.5) is 0 Å². The molecule has 0 saturated heterocycles. The molecule has 1 unspecified atom stereocenters. The van der Waals surface area contributed by atoms with Crippen molar-refractivity contribution in [2.75, 3.05) is 6.61 Å². The van der Waals surface area contributed by atoms with E-state index >= 15 is 0 Å². The molecule has 8 nitrogen and oxygen atoms in total. The number of ether oxygens (including phenoxy) is 1. The van der Waals surface area contributed by atoms with Crippen molar-refractivity contribution in [2.45, 2.75) is 24.2 Å². The van der Waals surface area contributed by atoms with Crippen molar-refractivity contribution in [3.63, 3.8) is 0 Å². The summed E-state index contributed by atoms with van der Waals surface area (Å²) in [6.07, 6.45) is -0.441. The minimum atomic E-state index is -1.76. The van der Waals surface area contributed by atoms with Crippen molar-refractivity contribution in [3.8, 4) is 0 Å². The Balaban J connectivity index is 4.19. The average Bonchev–Trinajstić information content (AvgIpc) is 1.99. The first-order chi connectivity index (χ1) is 6.18. The highest BCUT2D eigenvalue weighted by Gasteiger charge is 2.28. The second-order valence-corrected chi connectivity index (χ2v) is 3.27. The van der Waals surface area contributed by atoms with Crippen LogP contribution in [0.3, 0.4) is 0 Å². The van der Waals surface area contributed by atoms with Gasteiger partial charge in [-0.05, 0) is 6.72 Å². The topological polar surface area (TPSA) is 178 Å². The van der Waals surface area contributed by atoms with E-state index in [1.165, 1.54) is 0 Å². The predicted octanol–water partition coefficient (Wildman–Crippen LogP) is -3.52. The monoisotopic (exact) mass is 205 g/mol. The highest BCUT2D eigenvalue weighted by atomic mass is 16.5. The zero-order valence-electron chi connectivity index (χ0n) is 8.02. The van der Waals surface area contributed by atoms with Crippen molar-refractivity contribution >= 4 is 6.72 Å². The number of rotatable bonds is 6. The van der Waals surface area contributed by atoms with Crippen molar-refractivity contribution in [1.29, 1.82) is 0 Å². The summed E-state index contributed by atoms with van der Waals surface area (Å²) in [6, 6.07) is 0. The fourth-order valence-electron chi connectivity index (χ4n) is 0.827. The van der Waals surface area contributed by atoms with E-state index in [1.54, 1.807) is 0 Å². The lowest BCUT2D eigenvalue weighted by Crippen LogP contribution is -2.63. The number of aliphatic imine (C=N–C) groups is 1. The molecule has 0 aromatic heterocycles. The fourth-order valence-corrected chi connectivity index (χ4v) is 0.827. The third-order valence-electron chi connectivity index (χ3n) is 1.48. The van der Waals surface area contributed by atoms with Crippen LogP contribution in [0.25, 0.3) is 0 Å². The van der Waals surface area contributed by atoms with E-state index in [4.69, 9.17) is 39.1 Å². The van der Waals surface area contributed by atoms with Crippen LogP contribution < -0.4 is 34.4 Å². The summed E-state index contributed by atoms with van der Waals surface area (Å²) in [5.74, 6) is -1.76. The lowest BCUT2D eigenvalue weighted by atomic mass is 10.1. The maximum absolute atomic E-state index is 5.72. The number of hydrogen-bond acceptors (Lipinski definition) is 8. The van der Waals surface area contributed by atoms with Crippen LogP contribution in [0.15, 0.2) is 4.99 Å². The third kappa shape index (κ3) is 5.94. The van der Waals surface area contributed by atoms with Crippen LogP contribution in [0.2, 0.25) is 0 Å². The summed E-state index contributed by atoms with van der Waals surface area (Å²) in [4.78, 5) is 3.64. The van der Waals surface area contributed by atoms with Crippen LogP contribution in [0, 0.1) is 0 Å². The minimum absolute atomic E-state index is 0.106. The maximum Gasteiger partial charge on any atom is 0.227 e. The molecule has 0 spiro atoms. The SMILES string of the molecule is C=NC(N)(COC(N)(N)N)CC(N)N.